The molecule has 0 aliphatic rings. The molecule has 0 saturated heterocycles. The molecule has 0 bridgehead atoms. The van der Waals surface area contributed by atoms with Crippen molar-refractivity contribution >= 4 is 0 Å². The molecule has 2 N–H and O–H groups in total. The fourth-order valence-electron chi connectivity index (χ4n) is 3.44. The van der Waals surface area contributed by atoms with Gasteiger partial charge in [0.2, 0.25) is 0 Å². The van der Waals surface area contributed by atoms with Crippen molar-refractivity contribution in [3.05, 3.63) is 65.5 Å². The van der Waals surface area contributed by atoms with Crippen LogP contribution in [-0.4, -0.2) is 29.1 Å². The van der Waals surface area contributed by atoms with Crippen molar-refractivity contribution < 1.29 is 32.5 Å². The van der Waals surface area contributed by atoms with Crippen LogP contribution in [0.1, 0.15) is 43.9 Å². The first-order valence-electron chi connectivity index (χ1n) is 8.76. The van der Waals surface area contributed by atoms with Gasteiger partial charge >= 0.3 is 6.18 Å². The van der Waals surface area contributed by atoms with Crippen molar-refractivity contribution in [2.45, 2.75) is 50.0 Å². The Morgan fingerprint density at radius 1 is 1.04 bits per heavy atom. The molecule has 0 spiro atoms. The van der Waals surface area contributed by atoms with Gasteiger partial charge in [-0.25, -0.2) is 4.39 Å². The lowest BCUT2D eigenvalue weighted by Crippen LogP contribution is -2.50. The number of rotatable bonds is 7. The minimum Gasteiger partial charge on any atom is -0.496 e. The van der Waals surface area contributed by atoms with Crippen LogP contribution in [0.15, 0.2) is 48.5 Å². The SMILES string of the molecule is COc1ccc(F)cc1C(C)(C)CC(O)(CC(O)c1ccccc1)C(F)(F)F. The highest BCUT2D eigenvalue weighted by Gasteiger charge is 2.56. The van der Waals surface area contributed by atoms with Crippen LogP contribution in [0.2, 0.25) is 0 Å². The third kappa shape index (κ3) is 4.83. The van der Waals surface area contributed by atoms with Gasteiger partial charge in [-0.05, 0) is 35.6 Å². The maximum absolute atomic E-state index is 13.8. The molecule has 154 valence electrons. The maximum atomic E-state index is 13.8. The number of benzene rings is 2. The Morgan fingerprint density at radius 2 is 1.64 bits per heavy atom. The van der Waals surface area contributed by atoms with E-state index in [-0.39, 0.29) is 16.9 Å². The van der Waals surface area contributed by atoms with Crippen LogP contribution in [0.5, 0.6) is 5.75 Å². The van der Waals surface area contributed by atoms with Gasteiger partial charge in [0.05, 0.1) is 13.2 Å². The van der Waals surface area contributed by atoms with Gasteiger partial charge in [-0.2, -0.15) is 13.2 Å². The van der Waals surface area contributed by atoms with E-state index in [0.29, 0.717) is 0 Å². The second-order valence-electron chi connectivity index (χ2n) is 7.57. The standard InChI is InChI=1S/C21H24F4O3/c1-19(2,16-11-15(22)9-10-18(16)28-3)13-20(27,21(23,24)25)12-17(26)14-7-5-4-6-8-14/h4-11,17,26-27H,12-13H2,1-3H3. The van der Waals surface area contributed by atoms with Crippen LogP contribution >= 0.6 is 0 Å². The van der Waals surface area contributed by atoms with E-state index >= 15 is 0 Å². The summed E-state index contributed by atoms with van der Waals surface area (Å²) >= 11 is 0. The van der Waals surface area contributed by atoms with Gasteiger partial charge in [0.1, 0.15) is 11.6 Å². The van der Waals surface area contributed by atoms with Crippen LogP contribution in [0.4, 0.5) is 17.6 Å². The largest absolute Gasteiger partial charge is 0.496 e. The average Bonchev–Trinajstić information content (AvgIpc) is 2.61. The number of hydrogen-bond donors (Lipinski definition) is 2. The lowest BCUT2D eigenvalue weighted by molar-refractivity contribution is -0.275. The van der Waals surface area contributed by atoms with Crippen LogP contribution < -0.4 is 4.74 Å². The quantitative estimate of drug-likeness (QED) is 0.649. The number of aliphatic hydroxyl groups excluding tert-OH is 1. The minimum absolute atomic E-state index is 0.201. The lowest BCUT2D eigenvalue weighted by atomic mass is 9.72. The Balaban J connectivity index is 2.39. The number of methoxy groups -OCH3 is 1. The van der Waals surface area contributed by atoms with Gasteiger partial charge in [-0.3, -0.25) is 0 Å². The van der Waals surface area contributed by atoms with Gasteiger partial charge in [0, 0.05) is 12.0 Å². The van der Waals surface area contributed by atoms with Gasteiger partial charge in [0.15, 0.2) is 5.60 Å². The Hall–Kier alpha value is -2.12. The highest BCUT2D eigenvalue weighted by molar-refractivity contribution is 5.39. The minimum atomic E-state index is -5.00. The molecule has 0 aliphatic carbocycles. The summed E-state index contributed by atoms with van der Waals surface area (Å²) in [6.07, 6.45) is -8.24. The van der Waals surface area contributed by atoms with E-state index in [1.165, 1.54) is 39.2 Å². The van der Waals surface area contributed by atoms with Crippen LogP contribution in [0, 0.1) is 5.82 Å². The highest BCUT2D eigenvalue weighted by atomic mass is 19.4. The molecule has 2 aromatic rings. The first-order chi connectivity index (χ1) is 12.9. The number of hydrogen-bond acceptors (Lipinski definition) is 3. The summed E-state index contributed by atoms with van der Waals surface area (Å²) in [5.74, 6) is -0.400. The van der Waals surface area contributed by atoms with Crippen molar-refractivity contribution in [2.75, 3.05) is 7.11 Å². The number of aliphatic hydroxyl groups is 2. The van der Waals surface area contributed by atoms with Gasteiger partial charge in [0.25, 0.3) is 0 Å². The van der Waals surface area contributed by atoms with Crippen LogP contribution in [-0.2, 0) is 5.41 Å². The molecule has 0 aliphatic heterocycles. The Morgan fingerprint density at radius 3 is 2.18 bits per heavy atom. The van der Waals surface area contributed by atoms with E-state index in [2.05, 4.69) is 0 Å². The Kier molecular flexibility index (Phi) is 6.41. The highest BCUT2D eigenvalue weighted by Crippen LogP contribution is 2.47. The molecule has 0 saturated carbocycles. The Bertz CT molecular complexity index is 790. The van der Waals surface area contributed by atoms with E-state index in [9.17, 15) is 27.8 Å². The summed E-state index contributed by atoms with van der Waals surface area (Å²) in [4.78, 5) is 0. The van der Waals surface area contributed by atoms with Crippen LogP contribution in [0.3, 0.4) is 0 Å². The monoisotopic (exact) mass is 400 g/mol. The third-order valence-electron chi connectivity index (χ3n) is 4.87. The van der Waals surface area contributed by atoms with Crippen molar-refractivity contribution in [1.82, 2.24) is 0 Å². The van der Waals surface area contributed by atoms with E-state index in [4.69, 9.17) is 4.74 Å². The predicted molar refractivity (Wildman–Crippen MR) is 97.6 cm³/mol. The molecule has 7 heteroatoms. The fourth-order valence-corrected chi connectivity index (χ4v) is 3.44. The van der Waals surface area contributed by atoms with E-state index in [0.717, 1.165) is 12.1 Å². The molecular weight excluding hydrogens is 376 g/mol. The van der Waals surface area contributed by atoms with Crippen molar-refractivity contribution in [3.63, 3.8) is 0 Å². The molecule has 0 heterocycles. The van der Waals surface area contributed by atoms with Crippen molar-refractivity contribution in [2.24, 2.45) is 0 Å². The van der Waals surface area contributed by atoms with Crippen molar-refractivity contribution in [1.29, 1.82) is 0 Å². The zero-order valence-corrected chi connectivity index (χ0v) is 15.9. The summed E-state index contributed by atoms with van der Waals surface area (Å²) in [6, 6.07) is 11.4. The predicted octanol–water partition coefficient (Wildman–Crippen LogP) is 4.92. The molecular formula is C21H24F4O3. The first kappa shape index (κ1) is 22.2. The summed E-state index contributed by atoms with van der Waals surface area (Å²) < 4.78 is 60.4. The second kappa shape index (κ2) is 8.09. The first-order valence-corrected chi connectivity index (χ1v) is 8.76. The second-order valence-corrected chi connectivity index (χ2v) is 7.57. The lowest BCUT2D eigenvalue weighted by Gasteiger charge is -2.39. The van der Waals surface area contributed by atoms with Gasteiger partial charge < -0.3 is 14.9 Å². The van der Waals surface area contributed by atoms with E-state index < -0.39 is 42.0 Å². The van der Waals surface area contributed by atoms with Crippen LogP contribution in [0.25, 0.3) is 0 Å². The van der Waals surface area contributed by atoms with Gasteiger partial charge in [-0.15, -0.1) is 0 Å². The third-order valence-corrected chi connectivity index (χ3v) is 4.87. The molecule has 2 unspecified atom stereocenters. The van der Waals surface area contributed by atoms with E-state index in [1.807, 2.05) is 0 Å². The Labute approximate surface area is 161 Å². The normalized spacial score (nSPS) is 15.8. The smallest absolute Gasteiger partial charge is 0.417 e. The van der Waals surface area contributed by atoms with Crippen molar-refractivity contribution in [3.8, 4) is 5.75 Å². The summed E-state index contributed by atoms with van der Waals surface area (Å²) in [6.45, 7) is 2.94. The fraction of sp³-hybridized carbons (Fsp3) is 0.429. The summed E-state index contributed by atoms with van der Waals surface area (Å²) in [7, 11) is 1.34. The summed E-state index contributed by atoms with van der Waals surface area (Å²) in [5, 5.41) is 20.9. The molecule has 28 heavy (non-hydrogen) atoms. The molecule has 2 rings (SSSR count). The summed E-state index contributed by atoms with van der Waals surface area (Å²) in [5.41, 5.74) is -4.02. The molecule has 2 atom stereocenters. The molecule has 3 nitrogen and oxygen atoms in total. The van der Waals surface area contributed by atoms with E-state index in [1.54, 1.807) is 18.2 Å². The average molecular weight is 400 g/mol. The number of halogens is 4. The molecule has 0 aromatic heterocycles. The maximum Gasteiger partial charge on any atom is 0.417 e. The molecule has 2 aromatic carbocycles. The zero-order valence-electron chi connectivity index (χ0n) is 15.9. The topological polar surface area (TPSA) is 49.7 Å². The molecule has 0 fully saturated rings. The van der Waals surface area contributed by atoms with Gasteiger partial charge in [-0.1, -0.05) is 44.2 Å². The number of ether oxygens (including phenoxy) is 1. The molecule has 0 amide bonds. The molecule has 0 radical (unpaired) electrons. The number of alkyl halides is 3. The zero-order chi connectivity index (χ0) is 21.2.